The molecular weight excluding hydrogens is 344 g/mol. The van der Waals surface area contributed by atoms with Crippen LogP contribution in [0, 0.1) is 0 Å². The molecule has 1 aromatic rings. The summed E-state index contributed by atoms with van der Waals surface area (Å²) in [5.74, 6) is 0.608. The number of piperazine rings is 1. The van der Waals surface area contributed by atoms with Crippen molar-refractivity contribution < 1.29 is 14.3 Å². The normalized spacial score (nSPS) is 19.6. The summed E-state index contributed by atoms with van der Waals surface area (Å²) in [5.41, 5.74) is 1.13. The fourth-order valence-corrected chi connectivity index (χ4v) is 3.85. The molecule has 1 aliphatic heterocycles. The maximum Gasteiger partial charge on any atom is 0.321 e. The van der Waals surface area contributed by atoms with Gasteiger partial charge in [-0.1, -0.05) is 18.9 Å². The number of carbonyl (C=O) groups is 2. The average molecular weight is 374 g/mol. The lowest BCUT2D eigenvalue weighted by Gasteiger charge is -2.38. The lowest BCUT2D eigenvalue weighted by Crippen LogP contribution is -2.56. The molecule has 1 saturated carbocycles. The van der Waals surface area contributed by atoms with Crippen molar-refractivity contribution in [3.8, 4) is 5.75 Å². The summed E-state index contributed by atoms with van der Waals surface area (Å²) < 4.78 is 5.29. The quantitative estimate of drug-likeness (QED) is 0.824. The summed E-state index contributed by atoms with van der Waals surface area (Å²) in [6, 6.07) is 7.53. The smallest absolute Gasteiger partial charge is 0.321 e. The molecule has 0 bridgehead atoms. The van der Waals surface area contributed by atoms with Crippen molar-refractivity contribution in [2.24, 2.45) is 0 Å². The summed E-state index contributed by atoms with van der Waals surface area (Å²) in [7, 11) is 1.67. The number of anilines is 1. The average Bonchev–Trinajstić information content (AvgIpc) is 3.20. The van der Waals surface area contributed by atoms with Crippen molar-refractivity contribution in [1.82, 2.24) is 15.5 Å². The van der Waals surface area contributed by atoms with Gasteiger partial charge in [-0.3, -0.25) is 15.0 Å². The third kappa shape index (κ3) is 5.13. The number of methoxy groups -OCH3 is 1. The van der Waals surface area contributed by atoms with Gasteiger partial charge in [-0.15, -0.1) is 0 Å². The second-order valence-electron chi connectivity index (χ2n) is 7.34. The predicted molar refractivity (Wildman–Crippen MR) is 105 cm³/mol. The van der Waals surface area contributed by atoms with Gasteiger partial charge in [0.2, 0.25) is 5.91 Å². The highest BCUT2D eigenvalue weighted by atomic mass is 16.5. The molecule has 148 valence electrons. The summed E-state index contributed by atoms with van der Waals surface area (Å²) in [6.07, 6.45) is 4.30. The summed E-state index contributed by atoms with van der Waals surface area (Å²) in [5, 5.41) is 5.40. The topological polar surface area (TPSA) is 73.9 Å². The highest BCUT2D eigenvalue weighted by molar-refractivity contribution is 5.96. The van der Waals surface area contributed by atoms with Crippen LogP contribution in [-0.4, -0.2) is 62.2 Å². The summed E-state index contributed by atoms with van der Waals surface area (Å²) in [6.45, 7) is 5.07. The van der Waals surface area contributed by atoms with Crippen LogP contribution >= 0.6 is 0 Å². The Morgan fingerprint density at radius 1 is 1.15 bits per heavy atom. The standard InChI is InChI=1S/C20H30N4O3/c1-15(19(25)22-20(26)21-16-6-3-4-7-16)23-10-12-24(13-11-23)17-8-5-9-18(14-17)27-2/h5,8-9,14-16H,3-4,6-7,10-13H2,1-2H3,(H2,21,22,25,26). The molecule has 1 heterocycles. The van der Waals surface area contributed by atoms with Crippen LogP contribution in [0.4, 0.5) is 10.5 Å². The highest BCUT2D eigenvalue weighted by Crippen LogP contribution is 2.22. The molecule has 2 aliphatic rings. The monoisotopic (exact) mass is 374 g/mol. The summed E-state index contributed by atoms with van der Waals surface area (Å²) >= 11 is 0. The van der Waals surface area contributed by atoms with E-state index in [1.54, 1.807) is 7.11 Å². The lowest BCUT2D eigenvalue weighted by atomic mass is 10.2. The van der Waals surface area contributed by atoms with Gasteiger partial charge in [0.05, 0.1) is 13.2 Å². The Bertz CT molecular complexity index is 652. The van der Waals surface area contributed by atoms with Gasteiger partial charge in [0.15, 0.2) is 0 Å². The highest BCUT2D eigenvalue weighted by Gasteiger charge is 2.27. The van der Waals surface area contributed by atoms with E-state index in [4.69, 9.17) is 4.74 Å². The lowest BCUT2D eigenvalue weighted by molar-refractivity contribution is -0.124. The minimum absolute atomic E-state index is 0.208. The van der Waals surface area contributed by atoms with Crippen LogP contribution in [0.1, 0.15) is 32.6 Å². The Hall–Kier alpha value is -2.28. The SMILES string of the molecule is COc1cccc(N2CCN(C(C)C(=O)NC(=O)NC3CCCC3)CC2)c1. The number of carbonyl (C=O) groups excluding carboxylic acids is 2. The van der Waals surface area contributed by atoms with E-state index in [0.29, 0.717) is 0 Å². The van der Waals surface area contributed by atoms with Gasteiger partial charge in [-0.2, -0.15) is 0 Å². The van der Waals surface area contributed by atoms with Crippen LogP contribution in [0.3, 0.4) is 0 Å². The molecule has 2 fully saturated rings. The van der Waals surface area contributed by atoms with E-state index in [-0.39, 0.29) is 24.0 Å². The number of nitrogens with zero attached hydrogens (tertiary/aromatic N) is 2. The molecule has 1 atom stereocenters. The van der Waals surface area contributed by atoms with Gasteiger partial charge in [-0.25, -0.2) is 4.79 Å². The molecule has 1 saturated heterocycles. The van der Waals surface area contributed by atoms with E-state index in [0.717, 1.165) is 63.3 Å². The molecule has 7 nitrogen and oxygen atoms in total. The number of rotatable bonds is 5. The third-order valence-electron chi connectivity index (χ3n) is 5.59. The fourth-order valence-electron chi connectivity index (χ4n) is 3.85. The zero-order valence-corrected chi connectivity index (χ0v) is 16.2. The van der Waals surface area contributed by atoms with Gasteiger partial charge in [0.1, 0.15) is 5.75 Å². The van der Waals surface area contributed by atoms with Gasteiger partial charge < -0.3 is 15.0 Å². The molecule has 0 radical (unpaired) electrons. The van der Waals surface area contributed by atoms with E-state index < -0.39 is 0 Å². The zero-order valence-electron chi connectivity index (χ0n) is 16.2. The van der Waals surface area contributed by atoms with Gasteiger partial charge in [0, 0.05) is 44.0 Å². The van der Waals surface area contributed by atoms with E-state index in [9.17, 15) is 9.59 Å². The molecule has 1 unspecified atom stereocenters. The molecule has 7 heteroatoms. The molecule has 1 aromatic carbocycles. The van der Waals surface area contributed by atoms with Crippen molar-refractivity contribution in [1.29, 1.82) is 0 Å². The van der Waals surface area contributed by atoms with Crippen LogP contribution in [0.2, 0.25) is 0 Å². The molecule has 2 N–H and O–H groups in total. The first kappa shape index (κ1) is 19.5. The second kappa shape index (κ2) is 9.08. The van der Waals surface area contributed by atoms with E-state index in [1.807, 2.05) is 25.1 Å². The second-order valence-corrected chi connectivity index (χ2v) is 7.34. The Labute approximate surface area is 161 Å². The van der Waals surface area contributed by atoms with Crippen molar-refractivity contribution >= 4 is 17.6 Å². The first-order valence-corrected chi connectivity index (χ1v) is 9.81. The molecule has 3 amide bonds. The first-order valence-electron chi connectivity index (χ1n) is 9.81. The maximum absolute atomic E-state index is 12.4. The molecule has 27 heavy (non-hydrogen) atoms. The molecule has 0 aromatic heterocycles. The molecule has 1 aliphatic carbocycles. The minimum Gasteiger partial charge on any atom is -0.497 e. The first-order chi connectivity index (χ1) is 13.1. The number of urea groups is 1. The van der Waals surface area contributed by atoms with Crippen LogP contribution in [0.25, 0.3) is 0 Å². The number of ether oxygens (including phenoxy) is 1. The van der Waals surface area contributed by atoms with Gasteiger partial charge >= 0.3 is 6.03 Å². The fraction of sp³-hybridized carbons (Fsp3) is 0.600. The van der Waals surface area contributed by atoms with Crippen LogP contribution in [-0.2, 0) is 4.79 Å². The molecule has 0 spiro atoms. The minimum atomic E-state index is -0.367. The third-order valence-corrected chi connectivity index (χ3v) is 5.59. The van der Waals surface area contributed by atoms with Crippen LogP contribution < -0.4 is 20.3 Å². The Balaban J connectivity index is 1.46. The van der Waals surface area contributed by atoms with E-state index in [2.05, 4.69) is 26.5 Å². The number of hydrogen-bond donors (Lipinski definition) is 2. The number of hydrogen-bond acceptors (Lipinski definition) is 5. The Morgan fingerprint density at radius 3 is 2.52 bits per heavy atom. The zero-order chi connectivity index (χ0) is 19.2. The maximum atomic E-state index is 12.4. The van der Waals surface area contributed by atoms with E-state index >= 15 is 0 Å². The molecular formula is C20H30N4O3. The molecule has 3 rings (SSSR count). The van der Waals surface area contributed by atoms with Crippen LogP contribution in [0.15, 0.2) is 24.3 Å². The number of nitrogens with one attached hydrogen (secondary N) is 2. The number of benzene rings is 1. The van der Waals surface area contributed by atoms with Gasteiger partial charge in [0.25, 0.3) is 0 Å². The van der Waals surface area contributed by atoms with E-state index in [1.165, 1.54) is 0 Å². The Morgan fingerprint density at radius 2 is 1.85 bits per heavy atom. The largest absolute Gasteiger partial charge is 0.497 e. The van der Waals surface area contributed by atoms with Crippen molar-refractivity contribution in [3.05, 3.63) is 24.3 Å². The van der Waals surface area contributed by atoms with Crippen molar-refractivity contribution in [2.45, 2.75) is 44.7 Å². The summed E-state index contributed by atoms with van der Waals surface area (Å²) in [4.78, 5) is 28.8. The number of amides is 3. The Kier molecular flexibility index (Phi) is 6.55. The van der Waals surface area contributed by atoms with Crippen LogP contribution in [0.5, 0.6) is 5.75 Å². The van der Waals surface area contributed by atoms with Gasteiger partial charge in [-0.05, 0) is 31.9 Å². The van der Waals surface area contributed by atoms with Crippen molar-refractivity contribution in [3.63, 3.8) is 0 Å². The van der Waals surface area contributed by atoms with Crippen molar-refractivity contribution in [2.75, 3.05) is 38.2 Å². The predicted octanol–water partition coefficient (Wildman–Crippen LogP) is 1.97. The number of imide groups is 1.